The van der Waals surface area contributed by atoms with Gasteiger partial charge in [0.05, 0.1) is 11.1 Å². The number of benzene rings is 1. The number of amides is 2. The zero-order chi connectivity index (χ0) is 28.1. The summed E-state index contributed by atoms with van der Waals surface area (Å²) in [6.07, 6.45) is 1.20. The van der Waals surface area contributed by atoms with Crippen molar-refractivity contribution in [2.75, 3.05) is 18.0 Å². The molecule has 3 N–H and O–H groups in total. The van der Waals surface area contributed by atoms with E-state index in [-0.39, 0.29) is 5.56 Å². The van der Waals surface area contributed by atoms with Crippen LogP contribution in [0.3, 0.4) is 0 Å². The monoisotopic (exact) mass is 534 g/mol. The number of primary amides is 1. The zero-order valence-corrected chi connectivity index (χ0v) is 23.3. The quantitative estimate of drug-likeness (QED) is 0.491. The molecule has 1 unspecified atom stereocenters. The molecule has 3 rings (SSSR count). The topological polar surface area (TPSA) is 145 Å². The first kappa shape index (κ1) is 28.8. The lowest BCUT2D eigenvalue weighted by molar-refractivity contribution is -0.117. The molecule has 1 aromatic carbocycles. The number of nitrogens with one attached hydrogen (secondary N) is 1. The molecular formula is C28H34N6O3S. The number of nitrogens with zero attached hydrogens (tertiary/aromatic N) is 4. The fraction of sp³-hybridized carbons (Fsp3) is 0.464. The molecule has 10 heteroatoms. The number of hydrogen-bond donors (Lipinski definition) is 2. The summed E-state index contributed by atoms with van der Waals surface area (Å²) in [6, 6.07) is 13.6. The number of alkyl carbamates (subject to hydrolysis) is 1. The van der Waals surface area contributed by atoms with E-state index in [2.05, 4.69) is 17.5 Å². The first-order valence-electron chi connectivity index (χ1n) is 12.6. The lowest BCUT2D eigenvalue weighted by Crippen LogP contribution is -2.54. The Morgan fingerprint density at radius 2 is 1.79 bits per heavy atom. The summed E-state index contributed by atoms with van der Waals surface area (Å²) < 4.78 is 5.43. The van der Waals surface area contributed by atoms with Crippen molar-refractivity contribution in [2.24, 2.45) is 5.73 Å². The second-order valence-corrected chi connectivity index (χ2v) is 11.6. The summed E-state index contributed by atoms with van der Waals surface area (Å²) in [4.78, 5) is 31.6. The fourth-order valence-electron chi connectivity index (χ4n) is 4.41. The van der Waals surface area contributed by atoms with Crippen molar-refractivity contribution in [3.05, 3.63) is 52.6 Å². The SMILES string of the molecule is CCc1c(C#N)c(SC(C(N)=O)c2ccccc2)nc(N2CCC(C)(NC(=O)OC(C)(C)C)CC2)c1C#N. The van der Waals surface area contributed by atoms with Crippen LogP contribution in [0, 0.1) is 22.7 Å². The number of nitriles is 2. The molecule has 0 spiro atoms. The van der Waals surface area contributed by atoms with E-state index < -0.39 is 28.4 Å². The average Bonchev–Trinajstić information content (AvgIpc) is 2.85. The number of thioether (sulfide) groups is 1. The average molecular weight is 535 g/mol. The number of anilines is 1. The molecule has 2 aromatic rings. The van der Waals surface area contributed by atoms with Crippen molar-refractivity contribution >= 4 is 29.6 Å². The molecule has 1 fully saturated rings. The Hall–Kier alpha value is -3.76. The highest BCUT2D eigenvalue weighted by molar-refractivity contribution is 8.00. The van der Waals surface area contributed by atoms with Gasteiger partial charge < -0.3 is 20.7 Å². The van der Waals surface area contributed by atoms with E-state index in [1.807, 2.05) is 69.9 Å². The molecule has 200 valence electrons. The van der Waals surface area contributed by atoms with Crippen LogP contribution < -0.4 is 16.0 Å². The van der Waals surface area contributed by atoms with Crippen molar-refractivity contribution < 1.29 is 14.3 Å². The standard InChI is InChI=1S/C28H34N6O3S/c1-6-19-20(16-29)24(34-14-12-28(5,13-15-34)33-26(36)37-27(2,3)4)32-25(21(19)17-30)38-22(23(31)35)18-10-8-7-9-11-18/h7-11,22H,6,12-15H2,1-5H3,(H2,31,35)(H,33,36). The van der Waals surface area contributed by atoms with Crippen LogP contribution in [0.25, 0.3) is 0 Å². The van der Waals surface area contributed by atoms with Crippen LogP contribution in [0.2, 0.25) is 0 Å². The van der Waals surface area contributed by atoms with Crippen LogP contribution >= 0.6 is 11.8 Å². The second kappa shape index (κ2) is 11.7. The van der Waals surface area contributed by atoms with Crippen LogP contribution in [0.15, 0.2) is 35.4 Å². The van der Waals surface area contributed by atoms with E-state index in [0.717, 1.165) is 11.8 Å². The van der Waals surface area contributed by atoms with Gasteiger partial charge in [-0.1, -0.05) is 49.0 Å². The molecule has 2 amide bonds. The summed E-state index contributed by atoms with van der Waals surface area (Å²) in [6.45, 7) is 10.4. The Labute approximate surface area is 228 Å². The maximum absolute atomic E-state index is 12.4. The van der Waals surface area contributed by atoms with E-state index in [1.165, 1.54) is 0 Å². The summed E-state index contributed by atoms with van der Waals surface area (Å²) >= 11 is 1.12. The van der Waals surface area contributed by atoms with Gasteiger partial charge in [0.25, 0.3) is 0 Å². The Morgan fingerprint density at radius 3 is 2.29 bits per heavy atom. The van der Waals surface area contributed by atoms with Gasteiger partial charge in [0.1, 0.15) is 33.8 Å². The normalized spacial score (nSPS) is 15.6. The highest BCUT2D eigenvalue weighted by Crippen LogP contribution is 2.40. The van der Waals surface area contributed by atoms with Crippen LogP contribution in [0.4, 0.5) is 10.6 Å². The second-order valence-electron chi connectivity index (χ2n) is 10.5. The Morgan fingerprint density at radius 1 is 1.18 bits per heavy atom. The Balaban J connectivity index is 1.94. The van der Waals surface area contributed by atoms with Gasteiger partial charge in [-0.05, 0) is 58.1 Å². The third-order valence-corrected chi connectivity index (χ3v) is 7.64. The van der Waals surface area contributed by atoms with Crippen LogP contribution in [0.1, 0.15) is 75.0 Å². The molecule has 1 aliphatic rings. The molecule has 0 bridgehead atoms. The smallest absolute Gasteiger partial charge is 0.408 e. The number of carbonyl (C=O) groups excluding carboxylic acids is 2. The third kappa shape index (κ3) is 6.76. The van der Waals surface area contributed by atoms with Gasteiger partial charge in [0.2, 0.25) is 5.91 Å². The van der Waals surface area contributed by atoms with Gasteiger partial charge in [-0.15, -0.1) is 0 Å². The fourth-order valence-corrected chi connectivity index (χ4v) is 5.47. The number of aromatic nitrogens is 1. The first-order chi connectivity index (χ1) is 17.9. The summed E-state index contributed by atoms with van der Waals surface area (Å²) in [5.74, 6) is -0.0701. The third-order valence-electron chi connectivity index (χ3n) is 6.39. The molecule has 1 aromatic heterocycles. The number of ether oxygens (including phenoxy) is 1. The lowest BCUT2D eigenvalue weighted by atomic mass is 9.89. The molecule has 1 saturated heterocycles. The number of piperidine rings is 1. The van der Waals surface area contributed by atoms with E-state index in [9.17, 15) is 20.1 Å². The highest BCUT2D eigenvalue weighted by Gasteiger charge is 2.35. The van der Waals surface area contributed by atoms with Crippen molar-refractivity contribution in [1.82, 2.24) is 10.3 Å². The predicted molar refractivity (Wildman–Crippen MR) is 147 cm³/mol. The molecule has 1 aliphatic heterocycles. The van der Waals surface area contributed by atoms with Crippen molar-refractivity contribution in [1.29, 1.82) is 10.5 Å². The van der Waals surface area contributed by atoms with Gasteiger partial charge >= 0.3 is 6.09 Å². The maximum atomic E-state index is 12.4. The van der Waals surface area contributed by atoms with E-state index in [0.29, 0.717) is 59.9 Å². The number of hydrogen-bond acceptors (Lipinski definition) is 8. The summed E-state index contributed by atoms with van der Waals surface area (Å²) in [5, 5.41) is 22.7. The van der Waals surface area contributed by atoms with Gasteiger partial charge in [0, 0.05) is 18.6 Å². The number of pyridine rings is 1. The number of nitrogens with two attached hydrogens (primary N) is 1. The molecule has 2 heterocycles. The Kier molecular flexibility index (Phi) is 8.90. The minimum atomic E-state index is -0.746. The van der Waals surface area contributed by atoms with Crippen molar-refractivity contribution in [3.8, 4) is 12.1 Å². The van der Waals surface area contributed by atoms with Crippen molar-refractivity contribution in [3.63, 3.8) is 0 Å². The number of carbonyl (C=O) groups is 2. The van der Waals surface area contributed by atoms with Crippen LogP contribution in [0.5, 0.6) is 0 Å². The van der Waals surface area contributed by atoms with Gasteiger partial charge in [-0.3, -0.25) is 4.79 Å². The lowest BCUT2D eigenvalue weighted by Gasteiger charge is -2.41. The van der Waals surface area contributed by atoms with Gasteiger partial charge in [-0.2, -0.15) is 10.5 Å². The summed E-state index contributed by atoms with van der Waals surface area (Å²) in [7, 11) is 0. The largest absolute Gasteiger partial charge is 0.444 e. The van der Waals surface area contributed by atoms with E-state index in [1.54, 1.807) is 0 Å². The minimum Gasteiger partial charge on any atom is -0.444 e. The van der Waals surface area contributed by atoms with E-state index >= 15 is 0 Å². The molecule has 9 nitrogen and oxygen atoms in total. The molecule has 38 heavy (non-hydrogen) atoms. The Bertz CT molecular complexity index is 1270. The van der Waals surface area contributed by atoms with Crippen LogP contribution in [-0.2, 0) is 16.0 Å². The molecular weight excluding hydrogens is 500 g/mol. The molecule has 0 saturated carbocycles. The van der Waals surface area contributed by atoms with E-state index in [4.69, 9.17) is 15.5 Å². The summed E-state index contributed by atoms with van der Waals surface area (Å²) in [5.41, 5.74) is 6.62. The maximum Gasteiger partial charge on any atom is 0.408 e. The highest BCUT2D eigenvalue weighted by atomic mass is 32.2. The first-order valence-corrected chi connectivity index (χ1v) is 13.4. The zero-order valence-electron chi connectivity index (χ0n) is 22.5. The van der Waals surface area contributed by atoms with Gasteiger partial charge in [0.15, 0.2) is 0 Å². The minimum absolute atomic E-state index is 0.286. The predicted octanol–water partition coefficient (Wildman–Crippen LogP) is 4.59. The van der Waals surface area contributed by atoms with Gasteiger partial charge in [-0.25, -0.2) is 9.78 Å². The van der Waals surface area contributed by atoms with Crippen LogP contribution in [-0.4, -0.2) is 41.2 Å². The molecule has 1 atom stereocenters. The molecule has 0 aliphatic carbocycles. The number of rotatable bonds is 7. The van der Waals surface area contributed by atoms with Crippen molar-refractivity contribution in [2.45, 2.75) is 75.3 Å². The molecule has 0 radical (unpaired) electrons.